The quantitative estimate of drug-likeness (QED) is 0.781. The van der Waals surface area contributed by atoms with Crippen LogP contribution < -0.4 is 9.47 Å². The Labute approximate surface area is 162 Å². The molecule has 2 aliphatic heterocycles. The lowest BCUT2D eigenvalue weighted by molar-refractivity contribution is 0.0498. The number of rotatable bonds is 3. The van der Waals surface area contributed by atoms with Crippen LogP contribution in [0.2, 0.25) is 5.02 Å². The summed E-state index contributed by atoms with van der Waals surface area (Å²) >= 11 is 6.08. The summed E-state index contributed by atoms with van der Waals surface area (Å²) in [6, 6.07) is 11.4. The topological polar surface area (TPSA) is 72.9 Å². The first-order valence-electron chi connectivity index (χ1n) is 8.50. The molecule has 2 aromatic carbocycles. The second kappa shape index (κ2) is 6.51. The van der Waals surface area contributed by atoms with E-state index in [1.54, 1.807) is 24.3 Å². The molecular weight excluding hydrogens is 390 g/mol. The maximum atomic E-state index is 13.0. The SMILES string of the molecule is COc1ccc(S(=O)(=O)N2CCC3(CC(=O)c4ccccc4O3)C2)cc1Cl. The van der Waals surface area contributed by atoms with E-state index in [4.69, 9.17) is 21.1 Å². The molecule has 0 saturated carbocycles. The van der Waals surface area contributed by atoms with E-state index in [2.05, 4.69) is 0 Å². The van der Waals surface area contributed by atoms with E-state index in [0.717, 1.165) is 0 Å². The molecule has 1 saturated heterocycles. The fourth-order valence-corrected chi connectivity index (χ4v) is 5.50. The normalized spacial score (nSPS) is 22.5. The number of carbonyl (C=O) groups is 1. The Morgan fingerprint density at radius 1 is 1.22 bits per heavy atom. The van der Waals surface area contributed by atoms with E-state index in [1.807, 2.05) is 0 Å². The Morgan fingerprint density at radius 2 is 2.00 bits per heavy atom. The minimum atomic E-state index is -3.75. The number of fused-ring (bicyclic) bond motifs is 1. The molecule has 1 unspecified atom stereocenters. The van der Waals surface area contributed by atoms with Gasteiger partial charge in [0.1, 0.15) is 17.1 Å². The second-order valence-corrected chi connectivity index (χ2v) is 9.11. The predicted molar refractivity (Wildman–Crippen MR) is 100 cm³/mol. The Balaban J connectivity index is 1.61. The number of benzene rings is 2. The third-order valence-corrected chi connectivity index (χ3v) is 7.18. The summed E-state index contributed by atoms with van der Waals surface area (Å²) in [5, 5.41) is 0.227. The van der Waals surface area contributed by atoms with Gasteiger partial charge in [0.05, 0.1) is 35.6 Å². The van der Waals surface area contributed by atoms with Crippen LogP contribution in [0.15, 0.2) is 47.4 Å². The maximum absolute atomic E-state index is 13.0. The first kappa shape index (κ1) is 18.3. The highest BCUT2D eigenvalue weighted by atomic mass is 35.5. The highest BCUT2D eigenvalue weighted by Crippen LogP contribution is 2.40. The lowest BCUT2D eigenvalue weighted by atomic mass is 9.89. The van der Waals surface area contributed by atoms with Crippen LogP contribution in [0, 0.1) is 0 Å². The molecule has 0 N–H and O–H groups in total. The molecular formula is C19H18ClNO5S. The highest BCUT2D eigenvalue weighted by molar-refractivity contribution is 7.89. The molecule has 1 spiro atoms. The fraction of sp³-hybridized carbons (Fsp3) is 0.316. The number of halogens is 1. The molecule has 6 nitrogen and oxygen atoms in total. The number of Topliss-reactive ketones (excluding diaryl/α,β-unsaturated/α-hetero) is 1. The Hall–Kier alpha value is -2.09. The molecule has 2 heterocycles. The third-order valence-electron chi connectivity index (χ3n) is 5.04. The molecule has 27 heavy (non-hydrogen) atoms. The van der Waals surface area contributed by atoms with E-state index in [-0.39, 0.29) is 35.2 Å². The van der Waals surface area contributed by atoms with Crippen LogP contribution in [0.3, 0.4) is 0 Å². The van der Waals surface area contributed by atoms with E-state index in [0.29, 0.717) is 23.5 Å². The van der Waals surface area contributed by atoms with Crippen LogP contribution >= 0.6 is 11.6 Å². The van der Waals surface area contributed by atoms with Gasteiger partial charge in [-0.1, -0.05) is 23.7 Å². The molecule has 0 amide bonds. The monoisotopic (exact) mass is 407 g/mol. The van der Waals surface area contributed by atoms with Gasteiger partial charge in [0.15, 0.2) is 5.78 Å². The number of ketones is 1. The zero-order valence-corrected chi connectivity index (χ0v) is 16.2. The van der Waals surface area contributed by atoms with Gasteiger partial charge in [-0.05, 0) is 30.3 Å². The summed E-state index contributed by atoms with van der Waals surface area (Å²) in [5.41, 5.74) is -0.277. The zero-order valence-electron chi connectivity index (χ0n) is 14.6. The van der Waals surface area contributed by atoms with Crippen LogP contribution in [0.4, 0.5) is 0 Å². The number of carbonyl (C=O) groups excluding carboxylic acids is 1. The van der Waals surface area contributed by atoms with Crippen LogP contribution in [-0.4, -0.2) is 44.3 Å². The molecule has 2 aliphatic rings. The number of para-hydroxylation sites is 1. The van der Waals surface area contributed by atoms with Gasteiger partial charge in [-0.2, -0.15) is 4.31 Å². The minimum absolute atomic E-state index is 0.0245. The van der Waals surface area contributed by atoms with Crippen LogP contribution in [0.1, 0.15) is 23.2 Å². The smallest absolute Gasteiger partial charge is 0.243 e. The fourth-order valence-electron chi connectivity index (χ4n) is 3.64. The van der Waals surface area contributed by atoms with E-state index >= 15 is 0 Å². The largest absolute Gasteiger partial charge is 0.495 e. The summed E-state index contributed by atoms with van der Waals surface area (Å²) < 4.78 is 38.6. The highest BCUT2D eigenvalue weighted by Gasteiger charge is 2.48. The number of methoxy groups -OCH3 is 1. The van der Waals surface area contributed by atoms with Crippen LogP contribution in [0.25, 0.3) is 0 Å². The Bertz CT molecular complexity index is 1020. The number of hydrogen-bond donors (Lipinski definition) is 0. The second-order valence-electron chi connectivity index (χ2n) is 6.77. The van der Waals surface area contributed by atoms with E-state index in [9.17, 15) is 13.2 Å². The molecule has 1 atom stereocenters. The van der Waals surface area contributed by atoms with Crippen molar-refractivity contribution in [1.29, 1.82) is 0 Å². The molecule has 4 rings (SSSR count). The molecule has 0 aliphatic carbocycles. The van der Waals surface area contributed by atoms with Crippen molar-refractivity contribution in [2.45, 2.75) is 23.3 Å². The number of ether oxygens (including phenoxy) is 2. The molecule has 142 valence electrons. The lowest BCUT2D eigenvalue weighted by Gasteiger charge is -2.34. The Morgan fingerprint density at radius 3 is 2.74 bits per heavy atom. The van der Waals surface area contributed by atoms with Gasteiger partial charge in [-0.3, -0.25) is 4.79 Å². The first-order valence-corrected chi connectivity index (χ1v) is 10.3. The van der Waals surface area contributed by atoms with Gasteiger partial charge in [0.25, 0.3) is 0 Å². The van der Waals surface area contributed by atoms with Gasteiger partial charge < -0.3 is 9.47 Å². The summed E-state index contributed by atoms with van der Waals surface area (Å²) in [5.74, 6) is 0.899. The van der Waals surface area contributed by atoms with E-state index in [1.165, 1.54) is 29.6 Å². The third kappa shape index (κ3) is 3.09. The van der Waals surface area contributed by atoms with Gasteiger partial charge >= 0.3 is 0 Å². The average molecular weight is 408 g/mol. The molecule has 0 bridgehead atoms. The van der Waals surface area contributed by atoms with Crippen molar-refractivity contribution in [3.05, 3.63) is 53.1 Å². The van der Waals surface area contributed by atoms with Crippen molar-refractivity contribution in [3.63, 3.8) is 0 Å². The summed E-state index contributed by atoms with van der Waals surface area (Å²) in [6.45, 7) is 0.403. The summed E-state index contributed by atoms with van der Waals surface area (Å²) in [6.07, 6.45) is 0.621. The van der Waals surface area contributed by atoms with E-state index < -0.39 is 15.6 Å². The van der Waals surface area contributed by atoms with Gasteiger partial charge in [0, 0.05) is 13.0 Å². The van der Waals surface area contributed by atoms with Gasteiger partial charge in [-0.15, -0.1) is 0 Å². The van der Waals surface area contributed by atoms with Gasteiger partial charge in [-0.25, -0.2) is 8.42 Å². The predicted octanol–water partition coefficient (Wildman–Crippen LogP) is 3.15. The maximum Gasteiger partial charge on any atom is 0.243 e. The van der Waals surface area contributed by atoms with Crippen molar-refractivity contribution in [3.8, 4) is 11.5 Å². The molecule has 8 heteroatoms. The van der Waals surface area contributed by atoms with Crippen molar-refractivity contribution in [1.82, 2.24) is 4.31 Å². The van der Waals surface area contributed by atoms with Crippen molar-refractivity contribution in [2.75, 3.05) is 20.2 Å². The molecule has 0 aromatic heterocycles. The summed E-state index contributed by atoms with van der Waals surface area (Å²) in [4.78, 5) is 12.6. The lowest BCUT2D eigenvalue weighted by Crippen LogP contribution is -2.45. The van der Waals surface area contributed by atoms with Crippen molar-refractivity contribution in [2.24, 2.45) is 0 Å². The van der Waals surface area contributed by atoms with Gasteiger partial charge in [0.2, 0.25) is 10.0 Å². The van der Waals surface area contributed by atoms with Crippen molar-refractivity contribution < 1.29 is 22.7 Å². The van der Waals surface area contributed by atoms with Crippen LogP contribution in [0.5, 0.6) is 11.5 Å². The van der Waals surface area contributed by atoms with Crippen LogP contribution in [-0.2, 0) is 10.0 Å². The van der Waals surface area contributed by atoms with Crippen molar-refractivity contribution >= 4 is 27.4 Å². The summed E-state index contributed by atoms with van der Waals surface area (Å²) in [7, 11) is -2.29. The first-order chi connectivity index (χ1) is 12.8. The standard InChI is InChI=1S/C19H18ClNO5S/c1-25-18-7-6-13(10-15(18)20)27(23,24)21-9-8-19(12-21)11-16(22)14-4-2-3-5-17(14)26-19/h2-7,10H,8-9,11-12H2,1H3. The average Bonchev–Trinajstić information content (AvgIpc) is 3.05. The number of nitrogens with zero attached hydrogens (tertiary/aromatic N) is 1. The minimum Gasteiger partial charge on any atom is -0.495 e. The number of sulfonamides is 1. The zero-order chi connectivity index (χ0) is 19.2. The molecule has 1 fully saturated rings. The molecule has 2 aromatic rings. The molecule has 0 radical (unpaired) electrons. The Kier molecular flexibility index (Phi) is 4.41. The number of hydrogen-bond acceptors (Lipinski definition) is 5.